The van der Waals surface area contributed by atoms with Gasteiger partial charge in [-0.2, -0.15) is 0 Å². The minimum absolute atomic E-state index is 0.121. The Kier molecular flexibility index (Phi) is 23.7. The molecule has 84 heavy (non-hydrogen) atoms. The Bertz CT molecular complexity index is 2620. The van der Waals surface area contributed by atoms with Gasteiger partial charge in [0.1, 0.15) is 35.4 Å². The summed E-state index contributed by atoms with van der Waals surface area (Å²) in [6, 6.07) is 21.9. The molecule has 2 N–H and O–H groups in total. The van der Waals surface area contributed by atoms with Crippen LogP contribution in [0.3, 0.4) is 0 Å². The zero-order chi connectivity index (χ0) is 63.2. The molecule has 1 amide bonds. The summed E-state index contributed by atoms with van der Waals surface area (Å²) in [5.41, 5.74) is 1.39. The van der Waals surface area contributed by atoms with Crippen molar-refractivity contribution in [1.82, 2.24) is 5.32 Å². The van der Waals surface area contributed by atoms with Crippen molar-refractivity contribution in [3.05, 3.63) is 83.4 Å². The molecule has 0 spiro atoms. The van der Waals surface area contributed by atoms with Crippen molar-refractivity contribution in [2.45, 2.75) is 246 Å². The number of amides is 1. The number of fused-ring (bicyclic) bond motifs is 1. The molecule has 18 heteroatoms. The summed E-state index contributed by atoms with van der Waals surface area (Å²) in [5, 5.41) is 14.9. The third-order valence-electron chi connectivity index (χ3n) is 18.8. The number of hydrogen-bond donors (Lipinski definition) is 2. The maximum Gasteiger partial charge on any atom is 0.342 e. The van der Waals surface area contributed by atoms with E-state index in [4.69, 9.17) is 41.7 Å². The molecule has 2 aliphatic rings. The lowest BCUT2D eigenvalue weighted by molar-refractivity contribution is -0.216. The smallest absolute Gasteiger partial charge is 0.342 e. The van der Waals surface area contributed by atoms with Gasteiger partial charge in [-0.3, -0.25) is 14.4 Å². The standard InChI is InChI=1S/C66H105NO14Si3/c1-40(2)83(41(3)4,42(5)6)79-54-36-52(75-46(10)69)44(8)50-35-51(78-63(72)59(50)54)45(9)53(76-47(11)70)37-57-66(18,19)58(80-82(22,23)64(12,13)14)38-56(77-57)62(74-21)67-61(71)60(55(73-20)34-43(7)39-68)81-84(65(15,16)17,48-30-26-24-27-31-48)49-32-28-25-29-33-49/h24-33,36,40-43,45,51,53,55-58,60,62,68H,34-35,37-39H2,1-23H3,(H,67,71)/t43?,45-,51+,53-,55-,56-,57+,58+,60-,62-/m0/s1. The fourth-order valence-corrected chi connectivity index (χ4v) is 24.3. The van der Waals surface area contributed by atoms with Crippen LogP contribution >= 0.6 is 0 Å². The van der Waals surface area contributed by atoms with Crippen LogP contribution in [0.25, 0.3) is 0 Å². The van der Waals surface area contributed by atoms with Gasteiger partial charge in [-0.25, -0.2) is 4.79 Å². The van der Waals surface area contributed by atoms with Crippen LogP contribution in [-0.2, 0) is 53.3 Å². The molecule has 1 fully saturated rings. The van der Waals surface area contributed by atoms with Crippen molar-refractivity contribution in [2.24, 2.45) is 17.3 Å². The number of cyclic esters (lactones) is 1. The second-order valence-electron chi connectivity index (χ2n) is 28.0. The van der Waals surface area contributed by atoms with Crippen molar-refractivity contribution >= 4 is 59.1 Å². The Morgan fingerprint density at radius 1 is 0.774 bits per heavy atom. The highest BCUT2D eigenvalue weighted by molar-refractivity contribution is 6.99. The number of benzene rings is 3. The average Bonchev–Trinajstić information content (AvgIpc) is 0.928. The summed E-state index contributed by atoms with van der Waals surface area (Å²) in [7, 11) is -5.48. The van der Waals surface area contributed by atoms with E-state index in [1.54, 1.807) is 13.2 Å². The molecular formula is C66H105NO14Si3. The van der Waals surface area contributed by atoms with Gasteiger partial charge in [-0.1, -0.05) is 171 Å². The highest BCUT2D eigenvalue weighted by Gasteiger charge is 2.56. The van der Waals surface area contributed by atoms with Crippen LogP contribution in [0.2, 0.25) is 39.8 Å². The first kappa shape index (κ1) is 70.5. The lowest BCUT2D eigenvalue weighted by atomic mass is 9.72. The van der Waals surface area contributed by atoms with Crippen molar-refractivity contribution in [1.29, 1.82) is 0 Å². The molecule has 15 nitrogen and oxygen atoms in total. The maximum absolute atomic E-state index is 15.7. The summed E-state index contributed by atoms with van der Waals surface area (Å²) in [6.07, 6.45) is -5.58. The van der Waals surface area contributed by atoms with E-state index in [0.717, 1.165) is 10.4 Å². The Morgan fingerprint density at radius 2 is 1.32 bits per heavy atom. The lowest BCUT2D eigenvalue weighted by Crippen LogP contribution is -2.70. The van der Waals surface area contributed by atoms with Crippen LogP contribution in [0.4, 0.5) is 0 Å². The summed E-state index contributed by atoms with van der Waals surface area (Å²) >= 11 is 0. The van der Waals surface area contributed by atoms with Crippen LogP contribution in [-0.4, -0.2) is 124 Å². The quantitative estimate of drug-likeness (QED) is 0.0335. The van der Waals surface area contributed by atoms with E-state index in [-0.39, 0.29) is 47.0 Å². The minimum Gasteiger partial charge on any atom is -0.542 e. The summed E-state index contributed by atoms with van der Waals surface area (Å²) in [4.78, 5) is 56.4. The molecular weight excluding hydrogens is 1110 g/mol. The molecule has 3 aromatic carbocycles. The largest absolute Gasteiger partial charge is 0.542 e. The number of aliphatic hydroxyl groups excluding tert-OH is 1. The number of rotatable bonds is 26. The summed E-state index contributed by atoms with van der Waals surface area (Å²) in [5.74, 6) is -2.25. The van der Waals surface area contributed by atoms with E-state index >= 15 is 4.79 Å². The zero-order valence-electron chi connectivity index (χ0n) is 55.1. The molecule has 3 aromatic rings. The van der Waals surface area contributed by atoms with Crippen LogP contribution in [0.5, 0.6) is 11.5 Å². The number of esters is 3. The van der Waals surface area contributed by atoms with Gasteiger partial charge in [0.25, 0.3) is 22.5 Å². The van der Waals surface area contributed by atoms with Crippen molar-refractivity contribution in [3.8, 4) is 11.5 Å². The fourth-order valence-electron chi connectivity index (χ4n) is 12.9. The first-order valence-electron chi connectivity index (χ1n) is 30.5. The first-order valence-corrected chi connectivity index (χ1v) is 37.4. The second kappa shape index (κ2) is 28.3. The van der Waals surface area contributed by atoms with Crippen molar-refractivity contribution < 1.29 is 66.0 Å². The van der Waals surface area contributed by atoms with Crippen LogP contribution in [0, 0.1) is 24.2 Å². The molecule has 2 heterocycles. The monoisotopic (exact) mass is 1220 g/mol. The Balaban J connectivity index is 1.61. The molecule has 0 saturated carbocycles. The van der Waals surface area contributed by atoms with E-state index in [1.807, 2.05) is 57.2 Å². The minimum atomic E-state index is -3.41. The van der Waals surface area contributed by atoms with Crippen LogP contribution in [0.15, 0.2) is 66.7 Å². The summed E-state index contributed by atoms with van der Waals surface area (Å²) < 4.78 is 60.7. The van der Waals surface area contributed by atoms with Crippen LogP contribution < -0.4 is 24.9 Å². The number of hydrogen-bond acceptors (Lipinski definition) is 14. The van der Waals surface area contributed by atoms with Gasteiger partial charge in [-0.05, 0) is 80.6 Å². The molecule has 1 unspecified atom stereocenters. The lowest BCUT2D eigenvalue weighted by Gasteiger charge is -2.53. The summed E-state index contributed by atoms with van der Waals surface area (Å²) in [6.45, 7) is 42.9. The zero-order valence-corrected chi connectivity index (χ0v) is 58.1. The van der Waals surface area contributed by atoms with Gasteiger partial charge in [0.15, 0.2) is 20.6 Å². The van der Waals surface area contributed by atoms with Crippen molar-refractivity contribution in [3.63, 3.8) is 0 Å². The number of ether oxygens (including phenoxy) is 6. The van der Waals surface area contributed by atoms with Gasteiger partial charge < -0.3 is 52.1 Å². The molecule has 0 bridgehead atoms. The molecule has 0 aliphatic carbocycles. The fraction of sp³-hybridized carbons (Fsp3) is 0.667. The predicted molar refractivity (Wildman–Crippen MR) is 339 cm³/mol. The molecule has 0 aromatic heterocycles. The van der Waals surface area contributed by atoms with E-state index < -0.39 is 114 Å². The normalized spacial score (nSPS) is 21.0. The van der Waals surface area contributed by atoms with E-state index in [2.05, 4.69) is 140 Å². The number of methoxy groups -OCH3 is 2. The topological polar surface area (TPSA) is 184 Å². The third-order valence-corrected chi connectivity index (χ3v) is 34.3. The molecule has 1 saturated heterocycles. The molecule has 0 radical (unpaired) electrons. The average molecular weight is 1220 g/mol. The SMILES string of the molecule is CO[C@@H](CC(C)CO)[C@H](O[Si](c1ccccc1)(c1ccccc1)C(C)(C)C)C(=O)N[C@@H](OC)[C@@H]1C[C@@H](O[Si](C)(C)C(C)(C)C)C(C)(C)[C@@H](C[C@H](OC(C)=O)[C@@H](C)[C@H]2Cc3c(C)c(OC(C)=O)cc(O[Si](C(C)C)(C(C)C)C(C)C)c3C(=O)O2)O1. The van der Waals surface area contributed by atoms with Gasteiger partial charge in [-0.15, -0.1) is 0 Å². The highest BCUT2D eigenvalue weighted by atomic mass is 28.4. The van der Waals surface area contributed by atoms with Gasteiger partial charge in [0, 0.05) is 71.3 Å². The predicted octanol–water partition coefficient (Wildman–Crippen LogP) is 12.2. The number of nitrogens with one attached hydrogen (secondary N) is 1. The maximum atomic E-state index is 15.7. The Labute approximate surface area is 507 Å². The third kappa shape index (κ3) is 15.3. The van der Waals surface area contributed by atoms with Gasteiger partial charge in [0.05, 0.1) is 18.3 Å². The Hall–Kier alpha value is -4.25. The first-order chi connectivity index (χ1) is 38.9. The van der Waals surface area contributed by atoms with E-state index in [9.17, 15) is 19.5 Å². The second-order valence-corrected chi connectivity index (χ2v) is 42.4. The number of carbonyl (C=O) groups is 4. The van der Waals surface area contributed by atoms with Crippen molar-refractivity contribution in [2.75, 3.05) is 20.8 Å². The van der Waals surface area contributed by atoms with E-state index in [1.165, 1.54) is 21.0 Å². The molecule has 10 atom stereocenters. The van der Waals surface area contributed by atoms with Crippen LogP contribution in [0.1, 0.15) is 165 Å². The Morgan fingerprint density at radius 3 is 1.77 bits per heavy atom. The molecule has 5 rings (SSSR count). The number of carbonyl (C=O) groups excluding carboxylic acids is 4. The molecule has 2 aliphatic heterocycles. The highest BCUT2D eigenvalue weighted by Crippen LogP contribution is 2.50. The molecule has 470 valence electrons. The van der Waals surface area contributed by atoms with Gasteiger partial charge >= 0.3 is 17.9 Å². The number of aliphatic hydroxyl groups is 1. The van der Waals surface area contributed by atoms with Gasteiger partial charge in [0.2, 0.25) is 0 Å². The van der Waals surface area contributed by atoms with E-state index in [0.29, 0.717) is 41.0 Å².